The first-order chi connectivity index (χ1) is 11.3. The van der Waals surface area contributed by atoms with E-state index >= 15 is 0 Å². The second-order valence-electron chi connectivity index (χ2n) is 8.00. The van der Waals surface area contributed by atoms with Crippen molar-refractivity contribution < 1.29 is 4.79 Å². The molecule has 0 aliphatic heterocycles. The molecule has 2 heterocycles. The molecule has 1 amide bonds. The topological polar surface area (TPSA) is 92.7 Å². The van der Waals surface area contributed by atoms with Crippen molar-refractivity contribution in [2.24, 2.45) is 16.7 Å². The quantitative estimate of drug-likeness (QED) is 0.891. The van der Waals surface area contributed by atoms with E-state index < -0.39 is 0 Å². The summed E-state index contributed by atoms with van der Waals surface area (Å²) in [6.45, 7) is 7.04. The van der Waals surface area contributed by atoms with Crippen LogP contribution in [0.3, 0.4) is 0 Å². The van der Waals surface area contributed by atoms with E-state index in [2.05, 4.69) is 41.2 Å². The highest BCUT2D eigenvalue weighted by molar-refractivity contribution is 5.79. The van der Waals surface area contributed by atoms with Gasteiger partial charge in [0, 0.05) is 6.04 Å². The maximum atomic E-state index is 12.5. The van der Waals surface area contributed by atoms with Crippen LogP contribution in [0.5, 0.6) is 0 Å². The van der Waals surface area contributed by atoms with Gasteiger partial charge in [0.2, 0.25) is 5.91 Å². The highest BCUT2D eigenvalue weighted by Crippen LogP contribution is 2.65. The summed E-state index contributed by atoms with van der Waals surface area (Å²) in [5.74, 6) is 0.607. The van der Waals surface area contributed by atoms with Crippen LogP contribution in [0, 0.1) is 16.7 Å². The third-order valence-electron chi connectivity index (χ3n) is 6.86. The van der Waals surface area contributed by atoms with E-state index in [4.69, 9.17) is 0 Å². The summed E-state index contributed by atoms with van der Waals surface area (Å²) in [5.41, 5.74) is 0.606. The Morgan fingerprint density at radius 2 is 2.25 bits per heavy atom. The number of aromatic nitrogens is 4. The van der Waals surface area contributed by atoms with Gasteiger partial charge >= 0.3 is 0 Å². The van der Waals surface area contributed by atoms with Gasteiger partial charge < -0.3 is 10.3 Å². The molecule has 2 N–H and O–H groups in total. The largest absolute Gasteiger partial charge is 0.351 e. The number of nitrogens with one attached hydrogen (secondary N) is 2. The van der Waals surface area contributed by atoms with Gasteiger partial charge in [-0.05, 0) is 36.0 Å². The molecule has 0 spiro atoms. The first-order valence-corrected chi connectivity index (χ1v) is 8.51. The Balaban J connectivity index is 1.52. The summed E-state index contributed by atoms with van der Waals surface area (Å²) in [6, 6.07) is 0.205. The average molecular weight is 329 g/mol. The van der Waals surface area contributed by atoms with Crippen LogP contribution in [0.15, 0.2) is 17.3 Å². The predicted molar refractivity (Wildman–Crippen MR) is 89.3 cm³/mol. The van der Waals surface area contributed by atoms with Gasteiger partial charge in [-0.2, -0.15) is 5.10 Å². The highest BCUT2D eigenvalue weighted by atomic mass is 16.2. The van der Waals surface area contributed by atoms with Crippen molar-refractivity contribution in [3.8, 4) is 0 Å². The summed E-state index contributed by atoms with van der Waals surface area (Å²) in [7, 11) is 0. The van der Waals surface area contributed by atoms with Crippen LogP contribution in [0.4, 0.5) is 0 Å². The Morgan fingerprint density at radius 3 is 2.92 bits per heavy atom. The fourth-order valence-corrected chi connectivity index (χ4v) is 4.82. The molecule has 0 aromatic carbocycles. The Kier molecular flexibility index (Phi) is 3.14. The first-order valence-electron chi connectivity index (χ1n) is 8.51. The number of aromatic amines is 1. The fourth-order valence-electron chi connectivity index (χ4n) is 4.82. The van der Waals surface area contributed by atoms with Gasteiger partial charge in [0.05, 0.1) is 12.5 Å². The minimum Gasteiger partial charge on any atom is -0.351 e. The zero-order valence-corrected chi connectivity index (χ0v) is 14.3. The molecular formula is C17H23N5O2. The van der Waals surface area contributed by atoms with E-state index in [1.54, 1.807) is 0 Å². The van der Waals surface area contributed by atoms with Crippen molar-refractivity contribution in [1.29, 1.82) is 0 Å². The minimum atomic E-state index is -0.242. The predicted octanol–water partition coefficient (Wildman–Crippen LogP) is 1.45. The van der Waals surface area contributed by atoms with Crippen molar-refractivity contribution in [2.45, 2.75) is 52.6 Å². The van der Waals surface area contributed by atoms with Gasteiger partial charge in [-0.1, -0.05) is 20.8 Å². The summed E-state index contributed by atoms with van der Waals surface area (Å²) in [4.78, 5) is 30.9. The normalized spacial score (nSPS) is 30.8. The lowest BCUT2D eigenvalue weighted by Gasteiger charge is -2.39. The smallest absolute Gasteiger partial charge is 0.261 e. The van der Waals surface area contributed by atoms with Crippen molar-refractivity contribution >= 4 is 16.9 Å². The third kappa shape index (κ3) is 1.96. The highest BCUT2D eigenvalue weighted by Gasteiger charge is 2.61. The molecule has 2 aliphatic carbocycles. The van der Waals surface area contributed by atoms with Crippen molar-refractivity contribution in [3.63, 3.8) is 0 Å². The molecule has 3 atom stereocenters. The van der Waals surface area contributed by atoms with Crippen LogP contribution in [0.25, 0.3) is 11.0 Å². The molecule has 2 aliphatic rings. The second-order valence-corrected chi connectivity index (χ2v) is 8.00. The molecule has 4 rings (SSSR count). The Bertz CT molecular complexity index is 867. The minimum absolute atomic E-state index is 0.0725. The van der Waals surface area contributed by atoms with E-state index in [1.807, 2.05) is 0 Å². The number of carbonyl (C=O) groups is 1. The van der Waals surface area contributed by atoms with Crippen LogP contribution in [0.2, 0.25) is 0 Å². The zero-order chi connectivity index (χ0) is 17.1. The van der Waals surface area contributed by atoms with Crippen molar-refractivity contribution in [1.82, 2.24) is 25.1 Å². The van der Waals surface area contributed by atoms with Gasteiger partial charge in [-0.15, -0.1) is 0 Å². The van der Waals surface area contributed by atoms with Crippen LogP contribution >= 0.6 is 0 Å². The van der Waals surface area contributed by atoms with E-state index in [9.17, 15) is 9.59 Å². The van der Waals surface area contributed by atoms with Crippen LogP contribution in [-0.2, 0) is 11.3 Å². The van der Waals surface area contributed by atoms with Crippen molar-refractivity contribution in [3.05, 3.63) is 22.9 Å². The number of hydrogen-bond acceptors (Lipinski definition) is 4. The Hall–Kier alpha value is -2.18. The lowest BCUT2D eigenvalue weighted by molar-refractivity contribution is -0.123. The number of carbonyl (C=O) groups excluding carboxylic acids is 1. The van der Waals surface area contributed by atoms with E-state index in [0.717, 1.165) is 12.8 Å². The van der Waals surface area contributed by atoms with E-state index in [0.29, 0.717) is 17.0 Å². The van der Waals surface area contributed by atoms with E-state index in [-0.39, 0.29) is 34.9 Å². The zero-order valence-electron chi connectivity index (χ0n) is 14.3. The SMILES string of the molecule is CC1(C)[C@H]2CC[C@@]1(C)[C@@H](NC(=O)Cn1ncc3c(=O)[nH]cnc31)C2. The molecule has 7 nitrogen and oxygen atoms in total. The molecule has 0 saturated heterocycles. The summed E-state index contributed by atoms with van der Waals surface area (Å²) in [5, 5.41) is 7.75. The number of hydrogen-bond donors (Lipinski definition) is 2. The summed E-state index contributed by atoms with van der Waals surface area (Å²) >= 11 is 0. The maximum Gasteiger partial charge on any atom is 0.261 e. The standard InChI is InChI=1S/C17H23N5O2/c1-16(2)10-4-5-17(16,3)12(6-10)21-13(23)8-22-14-11(7-20-22)15(24)19-9-18-14/h7,9-10,12H,4-6,8H2,1-3H3,(H,21,23)(H,18,19,24)/t10-,12-,17-/m0/s1. The number of H-pyrrole nitrogens is 1. The molecule has 2 bridgehead atoms. The molecule has 2 aromatic rings. The lowest BCUT2D eigenvalue weighted by atomic mass is 9.69. The van der Waals surface area contributed by atoms with Crippen LogP contribution in [-0.4, -0.2) is 31.7 Å². The Labute approximate surface area is 139 Å². The average Bonchev–Trinajstić information content (AvgIpc) is 3.08. The molecule has 2 aromatic heterocycles. The maximum absolute atomic E-state index is 12.5. The fraction of sp³-hybridized carbons (Fsp3) is 0.647. The van der Waals surface area contributed by atoms with Crippen LogP contribution < -0.4 is 10.9 Å². The first kappa shape index (κ1) is 15.4. The number of nitrogens with zero attached hydrogens (tertiary/aromatic N) is 3. The molecule has 2 fully saturated rings. The van der Waals surface area contributed by atoms with Gasteiger partial charge in [0.1, 0.15) is 11.9 Å². The van der Waals surface area contributed by atoms with Gasteiger partial charge in [0.15, 0.2) is 5.65 Å². The van der Waals surface area contributed by atoms with Crippen LogP contribution in [0.1, 0.15) is 40.0 Å². The molecule has 0 radical (unpaired) electrons. The summed E-state index contributed by atoms with van der Waals surface area (Å²) < 4.78 is 1.49. The monoisotopic (exact) mass is 329 g/mol. The molecule has 7 heteroatoms. The number of fused-ring (bicyclic) bond motifs is 3. The van der Waals surface area contributed by atoms with Gasteiger partial charge in [-0.25, -0.2) is 9.67 Å². The number of amides is 1. The molecule has 0 unspecified atom stereocenters. The molecular weight excluding hydrogens is 306 g/mol. The summed E-state index contributed by atoms with van der Waals surface area (Å²) in [6.07, 6.45) is 6.26. The lowest BCUT2D eigenvalue weighted by Crippen LogP contribution is -2.47. The molecule has 2 saturated carbocycles. The number of rotatable bonds is 3. The van der Waals surface area contributed by atoms with E-state index in [1.165, 1.54) is 23.6 Å². The molecule has 24 heavy (non-hydrogen) atoms. The third-order valence-corrected chi connectivity index (χ3v) is 6.86. The Morgan fingerprint density at radius 1 is 1.46 bits per heavy atom. The van der Waals surface area contributed by atoms with Gasteiger partial charge in [-0.3, -0.25) is 9.59 Å². The van der Waals surface area contributed by atoms with Crippen molar-refractivity contribution in [2.75, 3.05) is 0 Å². The molecule has 128 valence electrons. The van der Waals surface area contributed by atoms with Gasteiger partial charge in [0.25, 0.3) is 5.56 Å². The second kappa shape index (κ2) is 4.91.